The van der Waals surface area contributed by atoms with Crippen LogP contribution in [-0.2, 0) is 0 Å². The van der Waals surface area contributed by atoms with Gasteiger partial charge < -0.3 is 15.8 Å². The van der Waals surface area contributed by atoms with Gasteiger partial charge in [0.05, 0.1) is 11.3 Å². The number of nitrogens with one attached hydrogen (secondary N) is 1. The highest BCUT2D eigenvalue weighted by Gasteiger charge is 2.20. The second-order valence-electron chi connectivity index (χ2n) is 3.81. The van der Waals surface area contributed by atoms with Crippen molar-refractivity contribution < 1.29 is 9.53 Å². The molecule has 2 aromatic carbocycles. The van der Waals surface area contributed by atoms with E-state index < -0.39 is 0 Å². The molecule has 0 atom stereocenters. The molecule has 1 heterocycles. The zero-order valence-electron chi connectivity index (χ0n) is 8.94. The van der Waals surface area contributed by atoms with Crippen LogP contribution < -0.4 is 15.8 Å². The molecule has 1 amide bonds. The lowest BCUT2D eigenvalue weighted by Crippen LogP contribution is -2.10. The summed E-state index contributed by atoms with van der Waals surface area (Å²) < 4.78 is 5.69. The minimum Gasteiger partial charge on any atom is -0.454 e. The summed E-state index contributed by atoms with van der Waals surface area (Å²) in [7, 11) is 0. The van der Waals surface area contributed by atoms with Crippen molar-refractivity contribution in [1.82, 2.24) is 0 Å². The van der Waals surface area contributed by atoms with Crippen molar-refractivity contribution in [2.24, 2.45) is 0 Å². The van der Waals surface area contributed by atoms with E-state index in [1.165, 1.54) is 0 Å². The van der Waals surface area contributed by atoms with Crippen molar-refractivity contribution >= 4 is 17.3 Å². The first-order valence-corrected chi connectivity index (χ1v) is 5.22. The largest absolute Gasteiger partial charge is 0.454 e. The second-order valence-corrected chi connectivity index (χ2v) is 3.81. The van der Waals surface area contributed by atoms with Gasteiger partial charge in [-0.3, -0.25) is 4.79 Å². The summed E-state index contributed by atoms with van der Waals surface area (Å²) in [5.74, 6) is 0.934. The van der Waals surface area contributed by atoms with Crippen LogP contribution in [0.1, 0.15) is 10.4 Å². The van der Waals surface area contributed by atoms with Crippen LogP contribution in [0.5, 0.6) is 11.5 Å². The molecule has 4 nitrogen and oxygen atoms in total. The fraction of sp³-hybridized carbons (Fsp3) is 0. The maximum atomic E-state index is 12.0. The molecule has 0 unspecified atom stereocenters. The first-order chi connectivity index (χ1) is 8.24. The van der Waals surface area contributed by atoms with Gasteiger partial charge >= 0.3 is 0 Å². The third-order valence-electron chi connectivity index (χ3n) is 2.60. The minimum atomic E-state index is -0.211. The molecule has 1 aliphatic heterocycles. The maximum absolute atomic E-state index is 12.0. The molecular weight excluding hydrogens is 216 g/mol. The maximum Gasteiger partial charge on any atom is 0.259 e. The van der Waals surface area contributed by atoms with Crippen molar-refractivity contribution in [3.05, 3.63) is 48.0 Å². The van der Waals surface area contributed by atoms with E-state index in [0.717, 1.165) is 0 Å². The number of rotatable bonds is 0. The first-order valence-electron chi connectivity index (χ1n) is 5.22. The Kier molecular flexibility index (Phi) is 2.01. The Hall–Kier alpha value is -2.49. The van der Waals surface area contributed by atoms with Crippen LogP contribution in [0.2, 0.25) is 0 Å². The van der Waals surface area contributed by atoms with Gasteiger partial charge in [0.1, 0.15) is 5.75 Å². The molecule has 3 rings (SSSR count). The normalized spacial score (nSPS) is 12.8. The summed E-state index contributed by atoms with van der Waals surface area (Å²) in [4.78, 5) is 12.0. The molecule has 0 spiro atoms. The van der Waals surface area contributed by atoms with E-state index in [9.17, 15) is 4.79 Å². The van der Waals surface area contributed by atoms with E-state index in [0.29, 0.717) is 28.4 Å². The molecule has 0 fully saturated rings. The summed E-state index contributed by atoms with van der Waals surface area (Å²) in [5.41, 5.74) is 7.31. The fourth-order valence-electron chi connectivity index (χ4n) is 1.78. The number of nitrogen functional groups attached to an aromatic ring is 1. The number of nitrogens with two attached hydrogens (primary N) is 1. The highest BCUT2D eigenvalue weighted by molar-refractivity contribution is 6.08. The lowest BCUT2D eigenvalue weighted by atomic mass is 10.1. The zero-order chi connectivity index (χ0) is 11.8. The van der Waals surface area contributed by atoms with E-state index >= 15 is 0 Å². The number of carbonyl (C=O) groups is 1. The van der Waals surface area contributed by atoms with Gasteiger partial charge in [-0.15, -0.1) is 0 Å². The van der Waals surface area contributed by atoms with Gasteiger partial charge in [0.15, 0.2) is 5.75 Å². The Morgan fingerprint density at radius 3 is 2.76 bits per heavy atom. The Labute approximate surface area is 98.0 Å². The van der Waals surface area contributed by atoms with Gasteiger partial charge in [-0.1, -0.05) is 12.1 Å². The average molecular weight is 226 g/mol. The molecule has 0 aromatic heterocycles. The van der Waals surface area contributed by atoms with E-state index in [1.807, 2.05) is 12.1 Å². The van der Waals surface area contributed by atoms with Crippen molar-refractivity contribution in [2.75, 3.05) is 11.1 Å². The van der Waals surface area contributed by atoms with Crippen molar-refractivity contribution in [3.8, 4) is 11.5 Å². The Morgan fingerprint density at radius 2 is 1.88 bits per heavy atom. The lowest BCUT2D eigenvalue weighted by Gasteiger charge is -2.06. The summed E-state index contributed by atoms with van der Waals surface area (Å²) >= 11 is 0. The van der Waals surface area contributed by atoms with Crippen molar-refractivity contribution in [1.29, 1.82) is 0 Å². The van der Waals surface area contributed by atoms with E-state index in [2.05, 4.69) is 5.32 Å². The molecule has 0 saturated carbocycles. The van der Waals surface area contributed by atoms with Gasteiger partial charge in [-0.25, -0.2) is 0 Å². The number of anilines is 2. The fourth-order valence-corrected chi connectivity index (χ4v) is 1.78. The van der Waals surface area contributed by atoms with E-state index in [4.69, 9.17) is 10.5 Å². The van der Waals surface area contributed by atoms with Crippen molar-refractivity contribution in [2.45, 2.75) is 0 Å². The quantitative estimate of drug-likeness (QED) is 0.679. The first kappa shape index (κ1) is 9.72. The summed E-state index contributed by atoms with van der Waals surface area (Å²) in [6.45, 7) is 0. The number of ether oxygens (including phenoxy) is 1. The number of fused-ring (bicyclic) bond motifs is 2. The molecule has 4 heteroatoms. The summed E-state index contributed by atoms with van der Waals surface area (Å²) in [6, 6.07) is 12.3. The van der Waals surface area contributed by atoms with Crippen molar-refractivity contribution in [3.63, 3.8) is 0 Å². The lowest BCUT2D eigenvalue weighted by molar-refractivity contribution is 0.102. The van der Waals surface area contributed by atoms with Crippen LogP contribution in [0.3, 0.4) is 0 Å². The number of hydrogen-bond donors (Lipinski definition) is 2. The molecule has 2 aromatic rings. The van der Waals surface area contributed by atoms with Gasteiger partial charge in [0, 0.05) is 5.69 Å². The predicted octanol–water partition coefficient (Wildman–Crippen LogP) is 2.63. The van der Waals surface area contributed by atoms with Crippen LogP contribution in [0.4, 0.5) is 11.4 Å². The Bertz CT molecular complexity index is 608. The highest BCUT2D eigenvalue weighted by atomic mass is 16.5. The van der Waals surface area contributed by atoms with E-state index in [1.54, 1.807) is 30.3 Å². The number of amides is 1. The van der Waals surface area contributed by atoms with Crippen LogP contribution in [0.15, 0.2) is 42.5 Å². The minimum absolute atomic E-state index is 0.211. The van der Waals surface area contributed by atoms with Gasteiger partial charge in [0.25, 0.3) is 5.91 Å². The third kappa shape index (κ3) is 1.59. The topological polar surface area (TPSA) is 64.4 Å². The third-order valence-corrected chi connectivity index (χ3v) is 2.60. The second kappa shape index (κ2) is 3.52. The van der Waals surface area contributed by atoms with Gasteiger partial charge in [-0.05, 0) is 30.3 Å². The van der Waals surface area contributed by atoms with Crippen LogP contribution >= 0.6 is 0 Å². The number of hydrogen-bond acceptors (Lipinski definition) is 3. The number of benzene rings is 2. The molecular formula is C13H10N2O2. The molecule has 0 radical (unpaired) electrons. The van der Waals surface area contributed by atoms with E-state index in [-0.39, 0.29) is 5.91 Å². The number of carbonyl (C=O) groups excluding carboxylic acids is 1. The van der Waals surface area contributed by atoms with Gasteiger partial charge in [0.2, 0.25) is 0 Å². The molecule has 1 aliphatic rings. The summed E-state index contributed by atoms with van der Waals surface area (Å²) in [5, 5.41) is 2.79. The SMILES string of the molecule is Nc1ccc2c(c1)C(=O)Nc1ccccc1O2. The molecule has 3 N–H and O–H groups in total. The zero-order valence-corrected chi connectivity index (χ0v) is 8.94. The monoisotopic (exact) mass is 226 g/mol. The molecule has 0 aliphatic carbocycles. The highest BCUT2D eigenvalue weighted by Crippen LogP contribution is 2.35. The molecule has 0 bridgehead atoms. The standard InChI is InChI=1S/C13H10N2O2/c14-8-5-6-11-9(7-8)13(16)15-10-3-1-2-4-12(10)17-11/h1-7H,14H2,(H,15,16). The molecule has 84 valence electrons. The summed E-state index contributed by atoms with van der Waals surface area (Å²) in [6.07, 6.45) is 0. The van der Waals surface area contributed by atoms with Gasteiger partial charge in [-0.2, -0.15) is 0 Å². The van der Waals surface area contributed by atoms with Crippen LogP contribution in [-0.4, -0.2) is 5.91 Å². The molecule has 17 heavy (non-hydrogen) atoms. The average Bonchev–Trinajstić information content (AvgIpc) is 2.46. The van der Waals surface area contributed by atoms with Crippen LogP contribution in [0, 0.1) is 0 Å². The Morgan fingerprint density at radius 1 is 1.06 bits per heavy atom. The predicted molar refractivity (Wildman–Crippen MR) is 65.3 cm³/mol. The van der Waals surface area contributed by atoms with Crippen LogP contribution in [0.25, 0.3) is 0 Å². The Balaban J connectivity index is 2.17. The number of para-hydroxylation sites is 2. The molecule has 0 saturated heterocycles. The smallest absolute Gasteiger partial charge is 0.259 e.